The van der Waals surface area contributed by atoms with Crippen molar-refractivity contribution in [2.24, 2.45) is 0 Å². The largest absolute Gasteiger partial charge is 0.289 e. The zero-order valence-corrected chi connectivity index (χ0v) is 12.9. The molecule has 0 spiro atoms. The van der Waals surface area contributed by atoms with Crippen molar-refractivity contribution in [3.8, 4) is 0 Å². The van der Waals surface area contributed by atoms with Crippen molar-refractivity contribution in [2.45, 2.75) is 23.8 Å². The molecule has 0 atom stereocenters. The quantitative estimate of drug-likeness (QED) is 0.797. The number of ketones is 2. The van der Waals surface area contributed by atoms with Crippen LogP contribution in [0, 0.1) is 0 Å². The molecule has 4 rings (SSSR count). The summed E-state index contributed by atoms with van der Waals surface area (Å²) in [4.78, 5) is 25.1. The number of nitrogens with one attached hydrogen (secondary N) is 1. The lowest BCUT2D eigenvalue weighted by molar-refractivity contribution is 0.0979. The Kier molecular flexibility index (Phi) is 3.01. The van der Waals surface area contributed by atoms with Crippen molar-refractivity contribution in [3.05, 3.63) is 64.7 Å². The molecule has 2 aromatic carbocycles. The molecule has 0 saturated heterocycles. The summed E-state index contributed by atoms with van der Waals surface area (Å²) in [6.45, 7) is 0. The van der Waals surface area contributed by atoms with Crippen LogP contribution >= 0.6 is 0 Å². The molecule has 0 radical (unpaired) electrons. The molecule has 2 aliphatic carbocycles. The Morgan fingerprint density at radius 3 is 2.00 bits per heavy atom. The maximum absolute atomic E-state index is 12.6. The molecular formula is C17H13NO4S. The standard InChI is InChI=1S/C17H13NO4S/c19-16-12-3-1-2-4-13(12)17(20)15-9-11(7-8-14(15)16)23(21,22)18-10-5-6-10/h1-4,7-10,18H,5-6H2. The van der Waals surface area contributed by atoms with Gasteiger partial charge in [0.15, 0.2) is 11.6 Å². The molecule has 6 heteroatoms. The Morgan fingerprint density at radius 2 is 1.39 bits per heavy atom. The monoisotopic (exact) mass is 327 g/mol. The molecule has 116 valence electrons. The third kappa shape index (κ3) is 2.31. The summed E-state index contributed by atoms with van der Waals surface area (Å²) in [5.41, 5.74) is 1.07. The van der Waals surface area contributed by atoms with Crippen molar-refractivity contribution in [3.63, 3.8) is 0 Å². The molecule has 5 nitrogen and oxygen atoms in total. The summed E-state index contributed by atoms with van der Waals surface area (Å²) in [5.74, 6) is -0.576. The van der Waals surface area contributed by atoms with Gasteiger partial charge in [0.05, 0.1) is 4.90 Å². The minimum atomic E-state index is -3.66. The van der Waals surface area contributed by atoms with E-state index in [1.807, 2.05) is 0 Å². The maximum Gasteiger partial charge on any atom is 0.240 e. The second-order valence-corrected chi connectivity index (χ2v) is 7.52. The first-order valence-corrected chi connectivity index (χ1v) is 8.80. The van der Waals surface area contributed by atoms with Crippen molar-refractivity contribution in [2.75, 3.05) is 0 Å². The molecule has 2 aromatic rings. The smallest absolute Gasteiger partial charge is 0.240 e. The molecule has 0 bridgehead atoms. The lowest BCUT2D eigenvalue weighted by Gasteiger charge is -2.18. The number of carbonyl (C=O) groups excluding carboxylic acids is 2. The summed E-state index contributed by atoms with van der Waals surface area (Å²) < 4.78 is 27.2. The zero-order valence-electron chi connectivity index (χ0n) is 12.1. The normalized spacial score (nSPS) is 16.9. The number of sulfonamides is 1. The lowest BCUT2D eigenvalue weighted by atomic mass is 9.84. The number of fused-ring (bicyclic) bond motifs is 2. The molecule has 1 saturated carbocycles. The van der Waals surface area contributed by atoms with E-state index in [2.05, 4.69) is 4.72 Å². The van der Waals surface area contributed by atoms with Crippen LogP contribution in [0.2, 0.25) is 0 Å². The number of hydrogen-bond donors (Lipinski definition) is 1. The number of rotatable bonds is 3. The molecule has 1 fully saturated rings. The minimum absolute atomic E-state index is 0.0173. The van der Waals surface area contributed by atoms with Crippen molar-refractivity contribution < 1.29 is 18.0 Å². The van der Waals surface area contributed by atoms with Crippen LogP contribution < -0.4 is 4.72 Å². The first-order valence-electron chi connectivity index (χ1n) is 7.32. The van der Waals surface area contributed by atoms with Gasteiger partial charge in [0.2, 0.25) is 10.0 Å². The first-order chi connectivity index (χ1) is 11.0. The second-order valence-electron chi connectivity index (χ2n) is 5.81. The van der Waals surface area contributed by atoms with Gasteiger partial charge < -0.3 is 0 Å². The zero-order chi connectivity index (χ0) is 16.2. The Balaban J connectivity index is 1.83. The van der Waals surface area contributed by atoms with E-state index in [0.29, 0.717) is 11.1 Å². The Morgan fingerprint density at radius 1 is 0.826 bits per heavy atom. The fraction of sp³-hybridized carbons (Fsp3) is 0.176. The summed E-state index contributed by atoms with van der Waals surface area (Å²) in [7, 11) is -3.66. The van der Waals surface area contributed by atoms with Crippen LogP contribution in [0.4, 0.5) is 0 Å². The van der Waals surface area contributed by atoms with Gasteiger partial charge >= 0.3 is 0 Å². The van der Waals surface area contributed by atoms with Crippen LogP contribution in [0.3, 0.4) is 0 Å². The van der Waals surface area contributed by atoms with Crippen LogP contribution in [-0.2, 0) is 10.0 Å². The highest BCUT2D eigenvalue weighted by molar-refractivity contribution is 7.89. The number of benzene rings is 2. The van der Waals surface area contributed by atoms with Gasteiger partial charge in [0.1, 0.15) is 0 Å². The Labute approximate surface area is 133 Å². The van der Waals surface area contributed by atoms with E-state index in [4.69, 9.17) is 0 Å². The highest BCUT2D eigenvalue weighted by Crippen LogP contribution is 2.29. The molecule has 2 aliphatic rings. The van der Waals surface area contributed by atoms with Crippen LogP contribution in [0.25, 0.3) is 0 Å². The molecule has 0 amide bonds. The fourth-order valence-corrected chi connectivity index (χ4v) is 4.07. The molecule has 23 heavy (non-hydrogen) atoms. The minimum Gasteiger partial charge on any atom is -0.289 e. The predicted octanol–water partition coefficient (Wildman–Crippen LogP) is 1.90. The van der Waals surface area contributed by atoms with Crippen LogP contribution in [0.15, 0.2) is 47.4 Å². The van der Waals surface area contributed by atoms with Gasteiger partial charge in [0.25, 0.3) is 0 Å². The average molecular weight is 327 g/mol. The van der Waals surface area contributed by atoms with Crippen LogP contribution in [0.5, 0.6) is 0 Å². The highest BCUT2D eigenvalue weighted by Gasteiger charge is 2.32. The summed E-state index contributed by atoms with van der Waals surface area (Å²) >= 11 is 0. The Bertz CT molecular complexity index is 958. The van der Waals surface area contributed by atoms with Gasteiger partial charge in [-0.1, -0.05) is 24.3 Å². The van der Waals surface area contributed by atoms with Gasteiger partial charge in [-0.3, -0.25) is 9.59 Å². The fourth-order valence-electron chi connectivity index (χ4n) is 2.73. The summed E-state index contributed by atoms with van der Waals surface area (Å²) in [5, 5.41) is 0. The van der Waals surface area contributed by atoms with Gasteiger partial charge in [-0.2, -0.15) is 0 Å². The topological polar surface area (TPSA) is 80.3 Å². The SMILES string of the molecule is O=C1c2ccccc2C(=O)c2cc(S(=O)(=O)NC3CC3)ccc21. The molecule has 0 aliphatic heterocycles. The van der Waals surface area contributed by atoms with E-state index in [9.17, 15) is 18.0 Å². The van der Waals surface area contributed by atoms with E-state index in [0.717, 1.165) is 12.8 Å². The van der Waals surface area contributed by atoms with Gasteiger partial charge in [0, 0.05) is 28.3 Å². The van der Waals surface area contributed by atoms with E-state index < -0.39 is 10.0 Å². The third-order valence-electron chi connectivity index (χ3n) is 4.11. The molecule has 0 aromatic heterocycles. The average Bonchev–Trinajstić information content (AvgIpc) is 3.35. The summed E-state index contributed by atoms with van der Waals surface area (Å²) in [6.07, 6.45) is 1.66. The van der Waals surface area contributed by atoms with E-state index in [1.54, 1.807) is 24.3 Å². The highest BCUT2D eigenvalue weighted by atomic mass is 32.2. The Hall–Kier alpha value is -2.31. The van der Waals surface area contributed by atoms with Crippen LogP contribution in [0.1, 0.15) is 44.7 Å². The number of hydrogen-bond acceptors (Lipinski definition) is 4. The van der Waals surface area contributed by atoms with E-state index >= 15 is 0 Å². The predicted molar refractivity (Wildman–Crippen MR) is 83.1 cm³/mol. The number of carbonyl (C=O) groups is 2. The molecule has 1 N–H and O–H groups in total. The third-order valence-corrected chi connectivity index (χ3v) is 5.62. The maximum atomic E-state index is 12.6. The van der Waals surface area contributed by atoms with Crippen LogP contribution in [-0.4, -0.2) is 26.0 Å². The van der Waals surface area contributed by atoms with E-state index in [1.165, 1.54) is 18.2 Å². The van der Waals surface area contributed by atoms with Crippen molar-refractivity contribution in [1.82, 2.24) is 4.72 Å². The molecular weight excluding hydrogens is 314 g/mol. The second kappa shape index (κ2) is 4.84. The van der Waals surface area contributed by atoms with Gasteiger partial charge in [-0.25, -0.2) is 13.1 Å². The van der Waals surface area contributed by atoms with Crippen molar-refractivity contribution in [1.29, 1.82) is 0 Å². The summed E-state index contributed by atoms with van der Waals surface area (Å²) in [6, 6.07) is 10.7. The van der Waals surface area contributed by atoms with Gasteiger partial charge in [-0.05, 0) is 31.0 Å². The lowest BCUT2D eigenvalue weighted by Crippen LogP contribution is -2.27. The van der Waals surface area contributed by atoms with E-state index in [-0.39, 0.29) is 33.6 Å². The molecule has 0 heterocycles. The van der Waals surface area contributed by atoms with Gasteiger partial charge in [-0.15, -0.1) is 0 Å². The van der Waals surface area contributed by atoms with Crippen molar-refractivity contribution >= 4 is 21.6 Å². The first kappa shape index (κ1) is 14.3. The molecule has 0 unspecified atom stereocenters.